The first kappa shape index (κ1) is 15.7. The van der Waals surface area contributed by atoms with Gasteiger partial charge in [0.2, 0.25) is 0 Å². The van der Waals surface area contributed by atoms with Crippen molar-refractivity contribution in [3.8, 4) is 11.6 Å². The number of halogens is 1. The van der Waals surface area contributed by atoms with Crippen molar-refractivity contribution >= 4 is 28.5 Å². The molecule has 0 spiro atoms. The predicted octanol–water partition coefficient (Wildman–Crippen LogP) is 5.05. The van der Waals surface area contributed by atoms with E-state index in [2.05, 4.69) is 27.4 Å². The Morgan fingerprint density at radius 3 is 2.76 bits per heavy atom. The fraction of sp³-hybridized carbons (Fsp3) is 0.158. The van der Waals surface area contributed by atoms with Gasteiger partial charge in [-0.05, 0) is 35.7 Å². The summed E-state index contributed by atoms with van der Waals surface area (Å²) in [5.74, 6) is 0.472. The fourth-order valence-corrected chi connectivity index (χ4v) is 3.11. The van der Waals surface area contributed by atoms with Gasteiger partial charge in [-0.15, -0.1) is 5.10 Å². The van der Waals surface area contributed by atoms with E-state index in [9.17, 15) is 0 Å². The standard InChI is InChI=1S/C19H17ClN4O/c1-2-14-15-10-13(20)8-9-16(15)22-17(14)18-23-24-19(25-18)21-11-12-6-4-3-5-7-12/h3-10,22H,2,11H2,1H3,(H,21,24). The molecule has 0 unspecified atom stereocenters. The zero-order chi connectivity index (χ0) is 17.2. The number of aryl methyl sites for hydroxylation is 1. The van der Waals surface area contributed by atoms with E-state index >= 15 is 0 Å². The molecular weight excluding hydrogens is 336 g/mol. The van der Waals surface area contributed by atoms with Crippen LogP contribution in [0.2, 0.25) is 5.02 Å². The molecule has 0 aliphatic heterocycles. The molecular formula is C19H17ClN4O. The van der Waals surface area contributed by atoms with Crippen molar-refractivity contribution in [2.24, 2.45) is 0 Å². The van der Waals surface area contributed by atoms with E-state index in [4.69, 9.17) is 16.0 Å². The zero-order valence-corrected chi connectivity index (χ0v) is 14.5. The summed E-state index contributed by atoms with van der Waals surface area (Å²) in [5.41, 5.74) is 4.13. The highest BCUT2D eigenvalue weighted by Crippen LogP contribution is 2.32. The summed E-state index contributed by atoms with van der Waals surface area (Å²) in [6.07, 6.45) is 0.838. The van der Waals surface area contributed by atoms with Crippen molar-refractivity contribution in [1.82, 2.24) is 15.2 Å². The SMILES string of the molecule is CCc1c(-c2nnc(NCc3ccccc3)o2)[nH]c2ccc(Cl)cc12. The van der Waals surface area contributed by atoms with E-state index in [0.717, 1.165) is 34.1 Å². The van der Waals surface area contributed by atoms with Gasteiger partial charge in [-0.25, -0.2) is 0 Å². The average Bonchev–Trinajstić information content (AvgIpc) is 3.24. The molecule has 0 aliphatic rings. The van der Waals surface area contributed by atoms with Gasteiger partial charge in [-0.2, -0.15) is 0 Å². The van der Waals surface area contributed by atoms with Gasteiger partial charge in [0.25, 0.3) is 5.89 Å². The average molecular weight is 353 g/mol. The molecule has 2 aromatic carbocycles. The smallest absolute Gasteiger partial charge is 0.316 e. The summed E-state index contributed by atoms with van der Waals surface area (Å²) in [6, 6.07) is 16.3. The van der Waals surface area contributed by atoms with Crippen LogP contribution >= 0.6 is 11.6 Å². The van der Waals surface area contributed by atoms with Crippen molar-refractivity contribution in [3.05, 3.63) is 64.7 Å². The quantitative estimate of drug-likeness (QED) is 0.527. The third-order valence-corrected chi connectivity index (χ3v) is 4.38. The summed E-state index contributed by atoms with van der Waals surface area (Å²) < 4.78 is 5.80. The summed E-state index contributed by atoms with van der Waals surface area (Å²) in [6.45, 7) is 2.73. The summed E-state index contributed by atoms with van der Waals surface area (Å²) in [4.78, 5) is 3.36. The van der Waals surface area contributed by atoms with Crippen LogP contribution in [0.4, 0.5) is 6.01 Å². The molecule has 0 saturated carbocycles. The van der Waals surface area contributed by atoms with Crippen LogP contribution in [-0.4, -0.2) is 15.2 Å². The zero-order valence-electron chi connectivity index (χ0n) is 13.7. The Morgan fingerprint density at radius 1 is 1.12 bits per heavy atom. The Labute approximate surface area is 150 Å². The van der Waals surface area contributed by atoms with Crippen molar-refractivity contribution < 1.29 is 4.42 Å². The number of hydrogen-bond donors (Lipinski definition) is 2. The van der Waals surface area contributed by atoms with Gasteiger partial charge in [0.15, 0.2) is 0 Å². The van der Waals surface area contributed by atoms with Gasteiger partial charge >= 0.3 is 6.01 Å². The lowest BCUT2D eigenvalue weighted by Gasteiger charge is -2.00. The normalized spacial score (nSPS) is 11.1. The summed E-state index contributed by atoms with van der Waals surface area (Å²) in [5, 5.41) is 13.2. The molecule has 126 valence electrons. The number of aromatic nitrogens is 3. The molecule has 2 N–H and O–H groups in total. The number of nitrogens with one attached hydrogen (secondary N) is 2. The van der Waals surface area contributed by atoms with E-state index in [1.165, 1.54) is 0 Å². The minimum absolute atomic E-state index is 0.401. The van der Waals surface area contributed by atoms with Gasteiger partial charge in [0, 0.05) is 22.5 Å². The number of aromatic amines is 1. The maximum absolute atomic E-state index is 6.13. The van der Waals surface area contributed by atoms with Crippen LogP contribution in [0.3, 0.4) is 0 Å². The van der Waals surface area contributed by atoms with Gasteiger partial charge in [0.1, 0.15) is 5.69 Å². The number of anilines is 1. The second-order valence-corrected chi connectivity index (χ2v) is 6.21. The molecule has 0 aliphatic carbocycles. The van der Waals surface area contributed by atoms with E-state index in [0.29, 0.717) is 23.5 Å². The molecule has 0 bridgehead atoms. The van der Waals surface area contributed by atoms with Crippen molar-refractivity contribution in [3.63, 3.8) is 0 Å². The van der Waals surface area contributed by atoms with Crippen molar-refractivity contribution in [2.75, 3.05) is 5.32 Å². The Balaban J connectivity index is 1.62. The lowest BCUT2D eigenvalue weighted by molar-refractivity contribution is 0.578. The van der Waals surface area contributed by atoms with Gasteiger partial charge < -0.3 is 14.7 Å². The number of hydrogen-bond acceptors (Lipinski definition) is 4. The predicted molar refractivity (Wildman–Crippen MR) is 99.7 cm³/mol. The highest BCUT2D eigenvalue weighted by Gasteiger charge is 2.17. The highest BCUT2D eigenvalue weighted by molar-refractivity contribution is 6.31. The number of nitrogens with zero attached hydrogens (tertiary/aromatic N) is 2. The Hall–Kier alpha value is -2.79. The minimum atomic E-state index is 0.401. The number of H-pyrrole nitrogens is 1. The number of rotatable bonds is 5. The van der Waals surface area contributed by atoms with E-state index in [-0.39, 0.29) is 0 Å². The molecule has 6 heteroatoms. The largest absolute Gasteiger partial charge is 0.402 e. The minimum Gasteiger partial charge on any atom is -0.402 e. The Bertz CT molecular complexity index is 1010. The summed E-state index contributed by atoms with van der Waals surface area (Å²) >= 11 is 6.13. The second kappa shape index (κ2) is 6.61. The molecule has 2 heterocycles. The van der Waals surface area contributed by atoms with Crippen LogP contribution < -0.4 is 5.32 Å². The van der Waals surface area contributed by atoms with Crippen LogP contribution in [0.1, 0.15) is 18.1 Å². The molecule has 2 aromatic heterocycles. The Morgan fingerprint density at radius 2 is 1.96 bits per heavy atom. The molecule has 4 rings (SSSR count). The topological polar surface area (TPSA) is 66.7 Å². The maximum atomic E-state index is 6.13. The molecule has 0 radical (unpaired) electrons. The molecule has 25 heavy (non-hydrogen) atoms. The van der Waals surface area contributed by atoms with E-state index in [1.807, 2.05) is 48.5 Å². The third kappa shape index (κ3) is 3.10. The first-order valence-electron chi connectivity index (χ1n) is 8.16. The first-order chi connectivity index (χ1) is 12.2. The fourth-order valence-electron chi connectivity index (χ4n) is 2.94. The van der Waals surface area contributed by atoms with Gasteiger partial charge in [0.05, 0.1) is 0 Å². The first-order valence-corrected chi connectivity index (χ1v) is 8.54. The third-order valence-electron chi connectivity index (χ3n) is 4.15. The highest BCUT2D eigenvalue weighted by atomic mass is 35.5. The second-order valence-electron chi connectivity index (χ2n) is 5.77. The van der Waals surface area contributed by atoms with Gasteiger partial charge in [-0.1, -0.05) is 54.0 Å². The van der Waals surface area contributed by atoms with Crippen LogP contribution in [0.5, 0.6) is 0 Å². The molecule has 4 aromatic rings. The monoisotopic (exact) mass is 352 g/mol. The van der Waals surface area contributed by atoms with Crippen molar-refractivity contribution in [1.29, 1.82) is 0 Å². The van der Waals surface area contributed by atoms with E-state index in [1.54, 1.807) is 0 Å². The van der Waals surface area contributed by atoms with E-state index < -0.39 is 0 Å². The van der Waals surface area contributed by atoms with Crippen LogP contribution in [0.15, 0.2) is 52.9 Å². The molecule has 0 saturated heterocycles. The summed E-state index contributed by atoms with van der Waals surface area (Å²) in [7, 11) is 0. The number of fused-ring (bicyclic) bond motifs is 1. The Kier molecular flexibility index (Phi) is 4.15. The van der Waals surface area contributed by atoms with Gasteiger partial charge in [-0.3, -0.25) is 0 Å². The lowest BCUT2D eigenvalue weighted by Crippen LogP contribution is -1.98. The molecule has 0 atom stereocenters. The van der Waals surface area contributed by atoms with Crippen LogP contribution in [0, 0.1) is 0 Å². The molecule has 0 fully saturated rings. The molecule has 5 nitrogen and oxygen atoms in total. The lowest BCUT2D eigenvalue weighted by atomic mass is 10.1. The molecule has 0 amide bonds. The maximum Gasteiger partial charge on any atom is 0.316 e. The number of benzene rings is 2. The van der Waals surface area contributed by atoms with Crippen LogP contribution in [0.25, 0.3) is 22.5 Å². The van der Waals surface area contributed by atoms with Crippen molar-refractivity contribution in [2.45, 2.75) is 19.9 Å². The van der Waals surface area contributed by atoms with Crippen LogP contribution in [-0.2, 0) is 13.0 Å².